The first-order chi connectivity index (χ1) is 8.74. The van der Waals surface area contributed by atoms with E-state index in [-0.39, 0.29) is 6.04 Å². The Morgan fingerprint density at radius 1 is 1.17 bits per heavy atom. The summed E-state index contributed by atoms with van der Waals surface area (Å²) >= 11 is 0. The quantitative estimate of drug-likeness (QED) is 0.863. The molecular formula is C16H21NO. The molecule has 0 spiro atoms. The Balaban J connectivity index is 2.34. The van der Waals surface area contributed by atoms with Crippen molar-refractivity contribution in [1.29, 1.82) is 0 Å². The smallest absolute Gasteiger partial charge is 0.125 e. The molecule has 0 aliphatic heterocycles. The fraction of sp³-hybridized carbons (Fsp3) is 0.375. The highest BCUT2D eigenvalue weighted by molar-refractivity contribution is 5.31. The minimum Gasteiger partial charge on any atom is -0.464 e. The van der Waals surface area contributed by atoms with Crippen LogP contribution in [0.25, 0.3) is 0 Å². The molecule has 0 amide bonds. The van der Waals surface area contributed by atoms with E-state index in [4.69, 9.17) is 4.42 Å². The van der Waals surface area contributed by atoms with Crippen molar-refractivity contribution < 1.29 is 4.42 Å². The van der Waals surface area contributed by atoms with E-state index in [1.54, 1.807) is 0 Å². The standard InChI is InChI=1S/C16H21NO/c1-4-13-7-6-8-14(11-13)16(17-5-2)15-10-9-12(3)18-15/h6-11,16-17H,4-5H2,1-3H3. The highest BCUT2D eigenvalue weighted by Gasteiger charge is 2.16. The van der Waals surface area contributed by atoms with Crippen LogP contribution in [0, 0.1) is 6.92 Å². The summed E-state index contributed by atoms with van der Waals surface area (Å²) in [7, 11) is 0. The third-order valence-electron chi connectivity index (χ3n) is 3.15. The van der Waals surface area contributed by atoms with Gasteiger partial charge in [0, 0.05) is 0 Å². The molecule has 1 heterocycles. The zero-order valence-electron chi connectivity index (χ0n) is 11.4. The lowest BCUT2D eigenvalue weighted by Crippen LogP contribution is -2.21. The molecule has 1 aromatic carbocycles. The van der Waals surface area contributed by atoms with Gasteiger partial charge in [-0.1, -0.05) is 38.1 Å². The second kappa shape index (κ2) is 5.87. The Labute approximate surface area is 109 Å². The molecule has 1 aromatic heterocycles. The minimum atomic E-state index is 0.148. The summed E-state index contributed by atoms with van der Waals surface area (Å²) < 4.78 is 5.76. The maximum Gasteiger partial charge on any atom is 0.125 e. The molecule has 0 radical (unpaired) electrons. The van der Waals surface area contributed by atoms with E-state index in [0.29, 0.717) is 0 Å². The molecule has 2 rings (SSSR count). The van der Waals surface area contributed by atoms with E-state index in [2.05, 4.69) is 49.5 Å². The SMILES string of the molecule is CCNC(c1cccc(CC)c1)c1ccc(C)o1. The Bertz CT molecular complexity index is 501. The summed E-state index contributed by atoms with van der Waals surface area (Å²) in [6.07, 6.45) is 1.06. The Kier molecular flexibility index (Phi) is 4.21. The Morgan fingerprint density at radius 2 is 2.00 bits per heavy atom. The molecule has 18 heavy (non-hydrogen) atoms. The van der Waals surface area contributed by atoms with Crippen LogP contribution in [0.5, 0.6) is 0 Å². The van der Waals surface area contributed by atoms with E-state index in [0.717, 1.165) is 24.5 Å². The first-order valence-corrected chi connectivity index (χ1v) is 6.63. The molecule has 2 heteroatoms. The van der Waals surface area contributed by atoms with Crippen LogP contribution in [0.1, 0.15) is 42.5 Å². The lowest BCUT2D eigenvalue weighted by Gasteiger charge is -2.16. The number of aryl methyl sites for hydroxylation is 2. The summed E-state index contributed by atoms with van der Waals surface area (Å²) in [6, 6.07) is 12.9. The van der Waals surface area contributed by atoms with Crippen LogP contribution in [0.4, 0.5) is 0 Å². The minimum absolute atomic E-state index is 0.148. The number of hydrogen-bond donors (Lipinski definition) is 1. The summed E-state index contributed by atoms with van der Waals surface area (Å²) in [5.74, 6) is 1.95. The number of hydrogen-bond acceptors (Lipinski definition) is 2. The van der Waals surface area contributed by atoms with Crippen molar-refractivity contribution in [2.75, 3.05) is 6.54 Å². The molecular weight excluding hydrogens is 222 g/mol. The molecule has 0 bridgehead atoms. The number of furan rings is 1. The van der Waals surface area contributed by atoms with Crippen molar-refractivity contribution in [2.24, 2.45) is 0 Å². The topological polar surface area (TPSA) is 25.2 Å². The zero-order valence-corrected chi connectivity index (χ0v) is 11.4. The van der Waals surface area contributed by atoms with Crippen LogP contribution in [-0.2, 0) is 6.42 Å². The van der Waals surface area contributed by atoms with Crippen molar-refractivity contribution in [3.05, 3.63) is 59.0 Å². The van der Waals surface area contributed by atoms with E-state index in [1.807, 2.05) is 13.0 Å². The molecule has 0 saturated heterocycles. The maximum atomic E-state index is 5.76. The van der Waals surface area contributed by atoms with Gasteiger partial charge >= 0.3 is 0 Å². The third-order valence-corrected chi connectivity index (χ3v) is 3.15. The average molecular weight is 243 g/mol. The van der Waals surface area contributed by atoms with Crippen molar-refractivity contribution in [2.45, 2.75) is 33.2 Å². The van der Waals surface area contributed by atoms with Gasteiger partial charge in [-0.05, 0) is 43.1 Å². The van der Waals surface area contributed by atoms with Crippen LogP contribution in [-0.4, -0.2) is 6.54 Å². The molecule has 96 valence electrons. The molecule has 1 atom stereocenters. The van der Waals surface area contributed by atoms with Crippen molar-refractivity contribution in [1.82, 2.24) is 5.32 Å². The lowest BCUT2D eigenvalue weighted by atomic mass is 10.0. The van der Waals surface area contributed by atoms with Gasteiger partial charge in [0.25, 0.3) is 0 Å². The second-order valence-corrected chi connectivity index (χ2v) is 4.54. The third kappa shape index (κ3) is 2.82. The summed E-state index contributed by atoms with van der Waals surface area (Å²) in [6.45, 7) is 7.20. The van der Waals surface area contributed by atoms with E-state index >= 15 is 0 Å². The van der Waals surface area contributed by atoms with Gasteiger partial charge in [0.1, 0.15) is 11.5 Å². The molecule has 1 unspecified atom stereocenters. The van der Waals surface area contributed by atoms with Gasteiger partial charge in [-0.2, -0.15) is 0 Å². The number of rotatable bonds is 5. The van der Waals surface area contributed by atoms with Gasteiger partial charge in [-0.15, -0.1) is 0 Å². The highest BCUT2D eigenvalue weighted by Crippen LogP contribution is 2.24. The first-order valence-electron chi connectivity index (χ1n) is 6.63. The largest absolute Gasteiger partial charge is 0.464 e. The van der Waals surface area contributed by atoms with Crippen LogP contribution in [0.3, 0.4) is 0 Å². The van der Waals surface area contributed by atoms with Crippen LogP contribution < -0.4 is 5.32 Å². The molecule has 1 N–H and O–H groups in total. The van der Waals surface area contributed by atoms with Crippen molar-refractivity contribution in [3.8, 4) is 0 Å². The van der Waals surface area contributed by atoms with Gasteiger partial charge in [-0.25, -0.2) is 0 Å². The Morgan fingerprint density at radius 3 is 2.61 bits per heavy atom. The fourth-order valence-corrected chi connectivity index (χ4v) is 2.19. The Hall–Kier alpha value is -1.54. The van der Waals surface area contributed by atoms with E-state index in [9.17, 15) is 0 Å². The van der Waals surface area contributed by atoms with Crippen LogP contribution >= 0.6 is 0 Å². The fourth-order valence-electron chi connectivity index (χ4n) is 2.19. The average Bonchev–Trinajstić information content (AvgIpc) is 2.82. The molecule has 0 fully saturated rings. The normalized spacial score (nSPS) is 12.6. The van der Waals surface area contributed by atoms with Gasteiger partial charge in [0.05, 0.1) is 6.04 Å². The maximum absolute atomic E-state index is 5.76. The van der Waals surface area contributed by atoms with Gasteiger partial charge in [0.15, 0.2) is 0 Å². The van der Waals surface area contributed by atoms with Gasteiger partial charge in [-0.3, -0.25) is 0 Å². The first kappa shape index (κ1) is 12.9. The van der Waals surface area contributed by atoms with Gasteiger partial charge < -0.3 is 9.73 Å². The summed E-state index contributed by atoms with van der Waals surface area (Å²) in [5.41, 5.74) is 2.63. The predicted molar refractivity (Wildman–Crippen MR) is 74.8 cm³/mol. The van der Waals surface area contributed by atoms with Crippen molar-refractivity contribution in [3.63, 3.8) is 0 Å². The second-order valence-electron chi connectivity index (χ2n) is 4.54. The molecule has 2 nitrogen and oxygen atoms in total. The highest BCUT2D eigenvalue weighted by atomic mass is 16.3. The number of nitrogens with one attached hydrogen (secondary N) is 1. The van der Waals surface area contributed by atoms with E-state index < -0.39 is 0 Å². The number of benzene rings is 1. The zero-order chi connectivity index (χ0) is 13.0. The molecule has 0 saturated carbocycles. The lowest BCUT2D eigenvalue weighted by molar-refractivity contribution is 0.435. The van der Waals surface area contributed by atoms with Crippen LogP contribution in [0.15, 0.2) is 40.8 Å². The van der Waals surface area contributed by atoms with Gasteiger partial charge in [0.2, 0.25) is 0 Å². The van der Waals surface area contributed by atoms with Crippen LogP contribution in [0.2, 0.25) is 0 Å². The summed E-state index contributed by atoms with van der Waals surface area (Å²) in [4.78, 5) is 0. The summed E-state index contributed by atoms with van der Waals surface area (Å²) in [5, 5.41) is 3.49. The molecule has 2 aromatic rings. The molecule has 0 aliphatic carbocycles. The molecule has 0 aliphatic rings. The monoisotopic (exact) mass is 243 g/mol. The van der Waals surface area contributed by atoms with E-state index in [1.165, 1.54) is 11.1 Å². The predicted octanol–water partition coefficient (Wildman–Crippen LogP) is 3.85. The van der Waals surface area contributed by atoms with Crippen molar-refractivity contribution >= 4 is 0 Å².